The molecule has 1 fully saturated rings. The van der Waals surface area contributed by atoms with Gasteiger partial charge in [-0.25, -0.2) is 0 Å². The lowest BCUT2D eigenvalue weighted by atomic mass is 9.79. The van der Waals surface area contributed by atoms with Gasteiger partial charge < -0.3 is 4.90 Å². The highest BCUT2D eigenvalue weighted by molar-refractivity contribution is 5.94. The third-order valence-electron chi connectivity index (χ3n) is 4.56. The first-order valence-electron chi connectivity index (χ1n) is 8.53. The maximum Gasteiger partial charge on any atom is 0.238 e. The predicted octanol–water partition coefficient (Wildman–Crippen LogP) is 5.29. The Bertz CT molecular complexity index is 301. The topological polar surface area (TPSA) is 20.3 Å². The predicted molar refractivity (Wildman–Crippen MR) is 86.5 cm³/mol. The highest BCUT2D eigenvalue weighted by Gasteiger charge is 2.47. The quantitative estimate of drug-likeness (QED) is 0.372. The van der Waals surface area contributed by atoms with E-state index in [1.165, 1.54) is 57.8 Å². The van der Waals surface area contributed by atoms with Crippen LogP contribution >= 0.6 is 0 Å². The van der Waals surface area contributed by atoms with Gasteiger partial charge in [-0.2, -0.15) is 0 Å². The van der Waals surface area contributed by atoms with Gasteiger partial charge in [-0.1, -0.05) is 71.3 Å². The first kappa shape index (κ1) is 17.3. The van der Waals surface area contributed by atoms with Crippen molar-refractivity contribution >= 4 is 5.91 Å². The summed E-state index contributed by atoms with van der Waals surface area (Å²) in [5.41, 5.74) is 0.691. The van der Waals surface area contributed by atoms with Gasteiger partial charge in [-0.05, 0) is 20.3 Å². The summed E-state index contributed by atoms with van der Waals surface area (Å²) >= 11 is 0. The highest BCUT2D eigenvalue weighted by atomic mass is 16.2. The molecule has 0 saturated carbocycles. The summed E-state index contributed by atoms with van der Waals surface area (Å²) in [6, 6.07) is 0. The molecule has 1 heterocycles. The third-order valence-corrected chi connectivity index (χ3v) is 4.56. The van der Waals surface area contributed by atoms with Crippen LogP contribution in [0.25, 0.3) is 0 Å². The number of carbonyl (C=O) groups is 1. The minimum atomic E-state index is -0.307. The fourth-order valence-corrected chi connectivity index (χ4v) is 2.86. The summed E-state index contributed by atoms with van der Waals surface area (Å²) in [6.45, 7) is 11.1. The molecule has 0 bridgehead atoms. The van der Waals surface area contributed by atoms with Crippen LogP contribution in [0.5, 0.6) is 0 Å². The lowest BCUT2D eigenvalue weighted by Crippen LogP contribution is -2.55. The molecule has 20 heavy (non-hydrogen) atoms. The van der Waals surface area contributed by atoms with Crippen LogP contribution in [-0.2, 0) is 4.79 Å². The third kappa shape index (κ3) is 4.64. The molecule has 1 aliphatic rings. The second-order valence-electron chi connectivity index (χ2n) is 6.71. The zero-order valence-corrected chi connectivity index (χ0v) is 13.8. The molecule has 0 aromatic heterocycles. The Morgan fingerprint density at radius 1 is 0.900 bits per heavy atom. The Morgan fingerprint density at radius 3 is 1.80 bits per heavy atom. The van der Waals surface area contributed by atoms with Gasteiger partial charge in [0, 0.05) is 12.2 Å². The van der Waals surface area contributed by atoms with Gasteiger partial charge in [-0.15, -0.1) is 0 Å². The van der Waals surface area contributed by atoms with E-state index in [0.717, 1.165) is 18.7 Å². The Labute approximate surface area is 125 Å². The molecule has 0 aliphatic carbocycles. The fraction of sp³-hybridized carbons (Fsp3) is 0.833. The molecular formula is C18H33NO. The van der Waals surface area contributed by atoms with Crippen molar-refractivity contribution in [2.24, 2.45) is 5.41 Å². The average molecular weight is 279 g/mol. The first-order chi connectivity index (χ1) is 9.51. The summed E-state index contributed by atoms with van der Waals surface area (Å²) in [6.07, 6.45) is 13.3. The molecule has 0 spiro atoms. The number of hydrogen-bond donors (Lipinski definition) is 0. The second-order valence-corrected chi connectivity index (χ2v) is 6.71. The van der Waals surface area contributed by atoms with Crippen LogP contribution in [0.15, 0.2) is 12.3 Å². The molecule has 2 nitrogen and oxygen atoms in total. The van der Waals surface area contributed by atoms with Gasteiger partial charge in [0.25, 0.3) is 0 Å². The van der Waals surface area contributed by atoms with Crippen LogP contribution in [0, 0.1) is 5.41 Å². The molecule has 1 rings (SSSR count). The molecule has 0 N–H and O–H groups in total. The monoisotopic (exact) mass is 279 g/mol. The van der Waals surface area contributed by atoms with E-state index in [1.54, 1.807) is 0 Å². The summed E-state index contributed by atoms with van der Waals surface area (Å²) in [5, 5.41) is 0. The van der Waals surface area contributed by atoms with Crippen LogP contribution in [0.3, 0.4) is 0 Å². The molecule has 0 atom stereocenters. The molecule has 116 valence electrons. The van der Waals surface area contributed by atoms with Crippen LogP contribution in [0.1, 0.15) is 85.0 Å². The largest absolute Gasteiger partial charge is 0.315 e. The van der Waals surface area contributed by atoms with Crippen molar-refractivity contribution in [1.82, 2.24) is 4.90 Å². The van der Waals surface area contributed by atoms with Crippen molar-refractivity contribution in [3.8, 4) is 0 Å². The van der Waals surface area contributed by atoms with Gasteiger partial charge in [0.2, 0.25) is 5.91 Å². The maximum absolute atomic E-state index is 11.9. The van der Waals surface area contributed by atoms with E-state index >= 15 is 0 Å². The first-order valence-corrected chi connectivity index (χ1v) is 8.53. The SMILES string of the molecule is C=C1N(CCCCCCCCCCCC)C(=O)C1(C)C. The van der Waals surface area contributed by atoms with Crippen molar-refractivity contribution in [2.75, 3.05) is 6.54 Å². The summed E-state index contributed by atoms with van der Waals surface area (Å²) in [4.78, 5) is 13.7. The van der Waals surface area contributed by atoms with E-state index in [2.05, 4.69) is 13.5 Å². The van der Waals surface area contributed by atoms with Crippen molar-refractivity contribution in [3.05, 3.63) is 12.3 Å². The Hall–Kier alpha value is -0.790. The summed E-state index contributed by atoms with van der Waals surface area (Å²) in [5.74, 6) is 0.249. The van der Waals surface area contributed by atoms with E-state index in [0.29, 0.717) is 0 Å². The molecule has 0 aromatic carbocycles. The number of rotatable bonds is 11. The minimum absolute atomic E-state index is 0.249. The lowest BCUT2D eigenvalue weighted by molar-refractivity contribution is -0.148. The molecule has 0 aromatic rings. The molecule has 1 saturated heterocycles. The van der Waals surface area contributed by atoms with E-state index in [4.69, 9.17) is 0 Å². The fourth-order valence-electron chi connectivity index (χ4n) is 2.86. The van der Waals surface area contributed by atoms with Crippen molar-refractivity contribution in [2.45, 2.75) is 85.0 Å². The molecule has 1 amide bonds. The van der Waals surface area contributed by atoms with Crippen molar-refractivity contribution in [1.29, 1.82) is 0 Å². The second kappa shape index (κ2) is 8.49. The zero-order chi connectivity index (χ0) is 15.0. The van der Waals surface area contributed by atoms with E-state index < -0.39 is 0 Å². The summed E-state index contributed by atoms with van der Waals surface area (Å²) in [7, 11) is 0. The normalized spacial score (nSPS) is 17.4. The smallest absolute Gasteiger partial charge is 0.238 e. The standard InChI is InChI=1S/C18H33NO/c1-5-6-7-8-9-10-11-12-13-14-15-19-16(2)18(3,4)17(19)20/h2,5-15H2,1,3-4H3. The number of β-lactam (4-membered cyclic amide) rings is 1. The number of hydrogen-bond acceptors (Lipinski definition) is 1. The van der Waals surface area contributed by atoms with Crippen LogP contribution in [-0.4, -0.2) is 17.4 Å². The number of unbranched alkanes of at least 4 members (excludes halogenated alkanes) is 9. The Kier molecular flexibility index (Phi) is 7.32. The van der Waals surface area contributed by atoms with Gasteiger partial charge in [-0.3, -0.25) is 4.79 Å². The lowest BCUT2D eigenvalue weighted by Gasteiger charge is -2.47. The molecule has 0 radical (unpaired) electrons. The molecule has 1 aliphatic heterocycles. The van der Waals surface area contributed by atoms with Gasteiger partial charge in [0.15, 0.2) is 0 Å². The van der Waals surface area contributed by atoms with Gasteiger partial charge in [0.05, 0.1) is 5.41 Å². The van der Waals surface area contributed by atoms with Gasteiger partial charge >= 0.3 is 0 Å². The number of likely N-dealkylation sites (tertiary alicyclic amines) is 1. The zero-order valence-electron chi connectivity index (χ0n) is 13.8. The van der Waals surface area contributed by atoms with Crippen molar-refractivity contribution in [3.63, 3.8) is 0 Å². The van der Waals surface area contributed by atoms with Crippen LogP contribution in [0.2, 0.25) is 0 Å². The van der Waals surface area contributed by atoms with E-state index in [-0.39, 0.29) is 11.3 Å². The molecular weight excluding hydrogens is 246 g/mol. The Balaban J connectivity index is 1.91. The average Bonchev–Trinajstić information content (AvgIpc) is 2.44. The number of carbonyl (C=O) groups excluding carboxylic acids is 1. The molecule has 0 unspecified atom stereocenters. The van der Waals surface area contributed by atoms with E-state index in [9.17, 15) is 4.79 Å². The van der Waals surface area contributed by atoms with Gasteiger partial charge in [0.1, 0.15) is 0 Å². The Morgan fingerprint density at radius 2 is 1.35 bits per heavy atom. The van der Waals surface area contributed by atoms with E-state index in [1.807, 2.05) is 18.7 Å². The number of amides is 1. The molecule has 2 heteroatoms. The van der Waals surface area contributed by atoms with Crippen LogP contribution in [0.4, 0.5) is 0 Å². The maximum atomic E-state index is 11.9. The highest BCUT2D eigenvalue weighted by Crippen LogP contribution is 2.40. The summed E-state index contributed by atoms with van der Waals surface area (Å²) < 4.78 is 0. The van der Waals surface area contributed by atoms with Crippen LogP contribution < -0.4 is 0 Å². The number of nitrogens with zero attached hydrogens (tertiary/aromatic N) is 1. The van der Waals surface area contributed by atoms with Crippen molar-refractivity contribution < 1.29 is 4.79 Å². The minimum Gasteiger partial charge on any atom is -0.315 e.